The summed E-state index contributed by atoms with van der Waals surface area (Å²) in [7, 11) is 1.95. The molecule has 5 aromatic rings. The second-order valence-corrected chi connectivity index (χ2v) is 11.4. The predicted octanol–water partition coefficient (Wildman–Crippen LogP) is 8.20. The van der Waals surface area contributed by atoms with Crippen LogP contribution in [0.3, 0.4) is 0 Å². The third kappa shape index (κ3) is 2.90. The van der Waals surface area contributed by atoms with Gasteiger partial charge in [-0.25, -0.2) is 4.57 Å². The molecule has 2 heterocycles. The van der Waals surface area contributed by atoms with Gasteiger partial charge in [-0.05, 0) is 71.2 Å². The van der Waals surface area contributed by atoms with Crippen LogP contribution >= 0.6 is 0 Å². The lowest BCUT2D eigenvalue weighted by atomic mass is 9.62. The number of fused-ring (bicyclic) bond motifs is 7. The van der Waals surface area contributed by atoms with Crippen molar-refractivity contribution in [1.29, 1.82) is 0 Å². The number of benzene rings is 3. The molecule has 3 aromatic carbocycles. The first-order valence-electron chi connectivity index (χ1n) is 13.7. The lowest BCUT2D eigenvalue weighted by Crippen LogP contribution is -2.34. The van der Waals surface area contributed by atoms with Crippen LogP contribution in [0.4, 0.5) is 0 Å². The minimum Gasteiger partial charge on any atom is -0.454 e. The molecule has 2 heteroatoms. The largest absolute Gasteiger partial charge is 0.454 e. The first-order chi connectivity index (χ1) is 17.3. The van der Waals surface area contributed by atoms with E-state index in [0.29, 0.717) is 5.56 Å². The molecule has 0 unspecified atom stereocenters. The van der Waals surface area contributed by atoms with E-state index in [1.165, 1.54) is 21.9 Å². The van der Waals surface area contributed by atoms with E-state index < -0.39 is 6.85 Å². The Morgan fingerprint density at radius 3 is 2.38 bits per heavy atom. The Balaban J connectivity index is 1.75. The van der Waals surface area contributed by atoms with Crippen molar-refractivity contribution in [3.05, 3.63) is 77.0 Å². The number of hydrogen-bond acceptors (Lipinski definition) is 1. The minimum absolute atomic E-state index is 0.0385. The van der Waals surface area contributed by atoms with Crippen LogP contribution in [-0.2, 0) is 17.9 Å². The summed E-state index contributed by atoms with van der Waals surface area (Å²) in [5, 5.41) is 4.57. The van der Waals surface area contributed by atoms with Gasteiger partial charge in [-0.3, -0.25) is 0 Å². The van der Waals surface area contributed by atoms with Crippen molar-refractivity contribution < 1.29 is 13.1 Å². The van der Waals surface area contributed by atoms with Crippen molar-refractivity contribution in [2.75, 3.05) is 0 Å². The molecule has 2 aromatic heterocycles. The van der Waals surface area contributed by atoms with E-state index in [1.54, 1.807) is 12.1 Å². The van der Waals surface area contributed by atoms with E-state index in [-0.39, 0.29) is 10.8 Å². The molecule has 0 saturated heterocycles. The van der Waals surface area contributed by atoms with Crippen molar-refractivity contribution >= 4 is 32.7 Å². The van der Waals surface area contributed by atoms with Crippen molar-refractivity contribution in [3.8, 4) is 11.3 Å². The van der Waals surface area contributed by atoms with E-state index >= 15 is 0 Å². The molecule has 1 aliphatic rings. The highest BCUT2D eigenvalue weighted by molar-refractivity contribution is 6.18. The van der Waals surface area contributed by atoms with Crippen molar-refractivity contribution in [2.24, 2.45) is 7.05 Å². The second-order valence-electron chi connectivity index (χ2n) is 11.4. The highest BCUT2D eigenvalue weighted by atomic mass is 16.3. The number of hydrogen-bond donors (Lipinski definition) is 0. The third-order valence-corrected chi connectivity index (χ3v) is 8.19. The van der Waals surface area contributed by atoms with Gasteiger partial charge in [0.05, 0.1) is 5.56 Å². The number of aromatic nitrogens is 1. The lowest BCUT2D eigenvalue weighted by Gasteiger charge is -2.42. The number of furan rings is 1. The van der Waals surface area contributed by atoms with Crippen molar-refractivity contribution in [2.45, 2.75) is 65.1 Å². The number of nitrogens with zero attached hydrogens (tertiary/aromatic N) is 1. The number of pyridine rings is 1. The quantitative estimate of drug-likeness (QED) is 0.235. The van der Waals surface area contributed by atoms with Gasteiger partial charge in [-0.2, -0.15) is 0 Å². The van der Waals surface area contributed by atoms with E-state index in [1.807, 2.05) is 17.8 Å². The zero-order valence-corrected chi connectivity index (χ0v) is 21.0. The molecule has 6 rings (SSSR count). The van der Waals surface area contributed by atoms with Gasteiger partial charge in [0.25, 0.3) is 0 Å². The van der Waals surface area contributed by atoms with Gasteiger partial charge < -0.3 is 4.42 Å². The molecule has 34 heavy (non-hydrogen) atoms. The highest BCUT2D eigenvalue weighted by Gasteiger charge is 2.39. The zero-order valence-electron chi connectivity index (χ0n) is 24.0. The van der Waals surface area contributed by atoms with Crippen LogP contribution in [0.25, 0.3) is 44.0 Å². The van der Waals surface area contributed by atoms with Gasteiger partial charge >= 0.3 is 0 Å². The molecule has 0 amide bonds. The molecule has 0 saturated carbocycles. The average Bonchev–Trinajstić information content (AvgIpc) is 3.20. The summed E-state index contributed by atoms with van der Waals surface area (Å²) in [6, 6.07) is 16.7. The predicted molar refractivity (Wildman–Crippen MR) is 143 cm³/mol. The summed E-state index contributed by atoms with van der Waals surface area (Å²) in [5.41, 5.74) is 7.87. The van der Waals surface area contributed by atoms with E-state index in [0.717, 1.165) is 51.6 Å². The summed E-state index contributed by atoms with van der Waals surface area (Å²) in [5.74, 6) is 0. The standard InChI is InChI=1S/C32H34NO/c1-19-14-17-33(7)25(18-19)26-20(2)8-11-22-23-12-9-21-10-13-24-28(27(21)30(23)34-29(22)26)32(5,6)16-15-31(24,3)4/h8-14,17-18H,15-16H2,1-7H3/q+1/i1D3. The molecule has 2 nitrogen and oxygen atoms in total. The molecular formula is C32H34NO+. The summed E-state index contributed by atoms with van der Waals surface area (Å²) in [6.07, 6.45) is 4.12. The SMILES string of the molecule is [2H]C([2H])([2H])c1cc[n+](C)c(-c2c(C)ccc3c2oc2c3ccc3ccc4c(c32)C(C)(C)CCC4(C)C)c1. The topological polar surface area (TPSA) is 17.0 Å². The van der Waals surface area contributed by atoms with Crippen LogP contribution in [0, 0.1) is 13.8 Å². The fraction of sp³-hybridized carbons (Fsp3) is 0.344. The first-order valence-corrected chi connectivity index (χ1v) is 12.2. The van der Waals surface area contributed by atoms with Crippen LogP contribution < -0.4 is 4.57 Å². The van der Waals surface area contributed by atoms with E-state index in [4.69, 9.17) is 8.53 Å². The lowest BCUT2D eigenvalue weighted by molar-refractivity contribution is -0.660. The summed E-state index contributed by atoms with van der Waals surface area (Å²) >= 11 is 0. The summed E-state index contributed by atoms with van der Waals surface area (Å²) < 4.78 is 32.7. The number of aryl methyl sites for hydroxylation is 3. The molecule has 172 valence electrons. The molecular weight excluding hydrogens is 414 g/mol. The van der Waals surface area contributed by atoms with Crippen LogP contribution in [0.15, 0.2) is 59.1 Å². The Labute approximate surface area is 206 Å². The fourth-order valence-electron chi connectivity index (χ4n) is 6.09. The Hall–Kier alpha value is -3.13. The Kier molecular flexibility index (Phi) is 3.72. The Morgan fingerprint density at radius 2 is 1.59 bits per heavy atom. The van der Waals surface area contributed by atoms with Gasteiger partial charge in [0.15, 0.2) is 6.20 Å². The average molecular weight is 452 g/mol. The molecule has 0 aliphatic heterocycles. The molecule has 0 N–H and O–H groups in total. The third-order valence-electron chi connectivity index (χ3n) is 8.19. The van der Waals surface area contributed by atoms with Gasteiger partial charge in [-0.1, -0.05) is 58.0 Å². The molecule has 0 spiro atoms. The summed E-state index contributed by atoms with van der Waals surface area (Å²) in [4.78, 5) is 0. The van der Waals surface area contributed by atoms with E-state index in [9.17, 15) is 0 Å². The first kappa shape index (κ1) is 18.2. The smallest absolute Gasteiger partial charge is 0.216 e. The summed E-state index contributed by atoms with van der Waals surface area (Å²) in [6.45, 7) is 9.31. The molecule has 0 fully saturated rings. The maximum atomic E-state index is 7.96. The zero-order chi connectivity index (χ0) is 26.5. The van der Waals surface area contributed by atoms with Gasteiger partial charge in [0.2, 0.25) is 5.69 Å². The van der Waals surface area contributed by atoms with Crippen LogP contribution in [-0.4, -0.2) is 0 Å². The molecule has 0 bridgehead atoms. The van der Waals surface area contributed by atoms with Crippen molar-refractivity contribution in [3.63, 3.8) is 0 Å². The molecule has 0 radical (unpaired) electrons. The van der Waals surface area contributed by atoms with Gasteiger partial charge in [0, 0.05) is 32.4 Å². The van der Waals surface area contributed by atoms with Crippen molar-refractivity contribution in [1.82, 2.24) is 0 Å². The Morgan fingerprint density at radius 1 is 0.882 bits per heavy atom. The minimum atomic E-state index is -2.17. The highest BCUT2D eigenvalue weighted by Crippen LogP contribution is 2.50. The second kappa shape index (κ2) is 6.95. The Bertz CT molecular complexity index is 1740. The molecule has 1 aliphatic carbocycles. The monoisotopic (exact) mass is 451 g/mol. The number of rotatable bonds is 1. The maximum absolute atomic E-state index is 7.96. The van der Waals surface area contributed by atoms with Crippen LogP contribution in [0.5, 0.6) is 0 Å². The fourth-order valence-corrected chi connectivity index (χ4v) is 6.09. The normalized spacial score (nSPS) is 18.6. The van der Waals surface area contributed by atoms with Gasteiger partial charge in [-0.15, -0.1) is 0 Å². The molecule has 0 atom stereocenters. The van der Waals surface area contributed by atoms with Crippen LogP contribution in [0.1, 0.15) is 66.9 Å². The van der Waals surface area contributed by atoms with Crippen LogP contribution in [0.2, 0.25) is 0 Å². The maximum Gasteiger partial charge on any atom is 0.216 e. The van der Waals surface area contributed by atoms with E-state index in [2.05, 4.69) is 71.0 Å². The van der Waals surface area contributed by atoms with Gasteiger partial charge in [0.1, 0.15) is 18.2 Å².